The van der Waals surface area contributed by atoms with E-state index in [0.717, 1.165) is 25.9 Å². The van der Waals surface area contributed by atoms with Crippen molar-refractivity contribution in [1.82, 2.24) is 10.2 Å². The molecule has 80 valence electrons. The van der Waals surface area contributed by atoms with Crippen LogP contribution in [-0.2, 0) is 4.79 Å². The summed E-state index contributed by atoms with van der Waals surface area (Å²) >= 11 is 0. The SMILES string of the molecule is CC(C)C(=O)CNC(=O)N1CCCC1. The van der Waals surface area contributed by atoms with Crippen LogP contribution in [0.3, 0.4) is 0 Å². The first-order chi connectivity index (χ1) is 6.61. The first-order valence-corrected chi connectivity index (χ1v) is 5.16. The van der Waals surface area contributed by atoms with Crippen LogP contribution >= 0.6 is 0 Å². The number of likely N-dealkylation sites (tertiary alicyclic amines) is 1. The van der Waals surface area contributed by atoms with Gasteiger partial charge in [-0.3, -0.25) is 4.79 Å². The Labute approximate surface area is 84.7 Å². The number of urea groups is 1. The van der Waals surface area contributed by atoms with E-state index in [0.29, 0.717) is 0 Å². The maximum absolute atomic E-state index is 11.4. The highest BCUT2D eigenvalue weighted by molar-refractivity contribution is 5.86. The molecule has 4 nitrogen and oxygen atoms in total. The van der Waals surface area contributed by atoms with Crippen LogP contribution in [0.4, 0.5) is 4.79 Å². The first kappa shape index (κ1) is 11.0. The molecule has 0 aromatic carbocycles. The zero-order valence-corrected chi connectivity index (χ0v) is 8.88. The Morgan fingerprint density at radius 1 is 1.29 bits per heavy atom. The molecule has 1 rings (SSSR count). The lowest BCUT2D eigenvalue weighted by atomic mass is 10.1. The van der Waals surface area contributed by atoms with Crippen molar-refractivity contribution < 1.29 is 9.59 Å². The summed E-state index contributed by atoms with van der Waals surface area (Å²) in [5.41, 5.74) is 0. The number of nitrogens with one attached hydrogen (secondary N) is 1. The summed E-state index contributed by atoms with van der Waals surface area (Å²) in [4.78, 5) is 24.4. The highest BCUT2D eigenvalue weighted by atomic mass is 16.2. The van der Waals surface area contributed by atoms with Gasteiger partial charge in [0.25, 0.3) is 0 Å². The molecule has 0 spiro atoms. The van der Waals surface area contributed by atoms with Crippen molar-refractivity contribution in [1.29, 1.82) is 0 Å². The van der Waals surface area contributed by atoms with Crippen LogP contribution in [0.25, 0.3) is 0 Å². The molecule has 0 aromatic heterocycles. The Balaban J connectivity index is 2.23. The van der Waals surface area contributed by atoms with Gasteiger partial charge in [-0.1, -0.05) is 13.8 Å². The topological polar surface area (TPSA) is 49.4 Å². The third kappa shape index (κ3) is 3.01. The van der Waals surface area contributed by atoms with Crippen LogP contribution in [0.5, 0.6) is 0 Å². The average Bonchev–Trinajstić information content (AvgIpc) is 2.66. The Morgan fingerprint density at radius 3 is 2.36 bits per heavy atom. The Hall–Kier alpha value is -1.06. The first-order valence-electron chi connectivity index (χ1n) is 5.16. The summed E-state index contributed by atoms with van der Waals surface area (Å²) in [5, 5.41) is 2.64. The van der Waals surface area contributed by atoms with E-state index in [-0.39, 0.29) is 24.3 Å². The quantitative estimate of drug-likeness (QED) is 0.736. The minimum Gasteiger partial charge on any atom is -0.331 e. The zero-order chi connectivity index (χ0) is 10.6. The predicted octanol–water partition coefficient (Wildman–Crippen LogP) is 1.02. The smallest absolute Gasteiger partial charge is 0.317 e. The number of carbonyl (C=O) groups is 2. The third-order valence-electron chi connectivity index (χ3n) is 2.45. The van der Waals surface area contributed by atoms with Crippen molar-refractivity contribution in [2.24, 2.45) is 5.92 Å². The molecule has 0 atom stereocenters. The molecule has 1 aliphatic rings. The Morgan fingerprint density at radius 2 is 1.86 bits per heavy atom. The van der Waals surface area contributed by atoms with Gasteiger partial charge in [-0.25, -0.2) is 4.79 Å². The lowest BCUT2D eigenvalue weighted by Crippen LogP contribution is -2.41. The van der Waals surface area contributed by atoms with E-state index in [1.165, 1.54) is 0 Å². The number of hydrogen-bond acceptors (Lipinski definition) is 2. The highest BCUT2D eigenvalue weighted by Gasteiger charge is 2.18. The lowest BCUT2D eigenvalue weighted by molar-refractivity contribution is -0.120. The summed E-state index contributed by atoms with van der Waals surface area (Å²) in [6.07, 6.45) is 2.15. The van der Waals surface area contributed by atoms with Gasteiger partial charge in [0.2, 0.25) is 0 Å². The van der Waals surface area contributed by atoms with E-state index in [1.807, 2.05) is 13.8 Å². The molecule has 1 saturated heterocycles. The van der Waals surface area contributed by atoms with Crippen molar-refractivity contribution in [2.45, 2.75) is 26.7 Å². The second kappa shape index (κ2) is 4.98. The zero-order valence-electron chi connectivity index (χ0n) is 8.88. The number of Topliss-reactive ketones (excluding diaryl/α,β-unsaturated/α-hetero) is 1. The number of ketones is 1. The van der Waals surface area contributed by atoms with Gasteiger partial charge in [-0.05, 0) is 12.8 Å². The van der Waals surface area contributed by atoms with E-state index < -0.39 is 0 Å². The Bertz CT molecular complexity index is 220. The van der Waals surface area contributed by atoms with E-state index in [9.17, 15) is 9.59 Å². The van der Waals surface area contributed by atoms with Gasteiger partial charge in [-0.2, -0.15) is 0 Å². The summed E-state index contributed by atoms with van der Waals surface area (Å²) in [6, 6.07) is -0.100. The van der Waals surface area contributed by atoms with Crippen molar-refractivity contribution >= 4 is 11.8 Å². The fourth-order valence-corrected chi connectivity index (χ4v) is 1.40. The molecule has 0 unspecified atom stereocenters. The van der Waals surface area contributed by atoms with E-state index in [4.69, 9.17) is 0 Å². The van der Waals surface area contributed by atoms with Gasteiger partial charge in [0.15, 0.2) is 5.78 Å². The van der Waals surface area contributed by atoms with Crippen LogP contribution in [-0.4, -0.2) is 36.3 Å². The maximum Gasteiger partial charge on any atom is 0.317 e. The molecule has 14 heavy (non-hydrogen) atoms. The van der Waals surface area contributed by atoms with E-state index in [2.05, 4.69) is 5.32 Å². The van der Waals surface area contributed by atoms with Crippen LogP contribution < -0.4 is 5.32 Å². The minimum absolute atomic E-state index is 0.00567. The lowest BCUT2D eigenvalue weighted by Gasteiger charge is -2.16. The van der Waals surface area contributed by atoms with Crippen LogP contribution in [0.15, 0.2) is 0 Å². The maximum atomic E-state index is 11.4. The van der Waals surface area contributed by atoms with Crippen molar-refractivity contribution in [2.75, 3.05) is 19.6 Å². The largest absolute Gasteiger partial charge is 0.331 e. The van der Waals surface area contributed by atoms with Gasteiger partial charge in [0, 0.05) is 19.0 Å². The summed E-state index contributed by atoms with van der Waals surface area (Å²) in [5.74, 6) is 0.0754. The number of amides is 2. The number of hydrogen-bond donors (Lipinski definition) is 1. The molecule has 1 N–H and O–H groups in total. The number of rotatable bonds is 3. The molecule has 0 aromatic rings. The fraction of sp³-hybridized carbons (Fsp3) is 0.800. The monoisotopic (exact) mass is 198 g/mol. The van der Waals surface area contributed by atoms with Crippen LogP contribution in [0, 0.1) is 5.92 Å². The predicted molar refractivity (Wildman–Crippen MR) is 54.1 cm³/mol. The second-order valence-corrected chi connectivity index (χ2v) is 3.97. The van der Waals surface area contributed by atoms with Crippen LogP contribution in [0.2, 0.25) is 0 Å². The van der Waals surface area contributed by atoms with Gasteiger partial charge in [0.1, 0.15) is 0 Å². The van der Waals surface area contributed by atoms with E-state index in [1.54, 1.807) is 4.90 Å². The fourth-order valence-electron chi connectivity index (χ4n) is 1.40. The molecule has 0 saturated carbocycles. The average molecular weight is 198 g/mol. The van der Waals surface area contributed by atoms with Crippen molar-refractivity contribution in [3.63, 3.8) is 0 Å². The molecule has 1 fully saturated rings. The molecule has 4 heteroatoms. The summed E-state index contributed by atoms with van der Waals surface area (Å²) < 4.78 is 0. The third-order valence-corrected chi connectivity index (χ3v) is 2.45. The molecular formula is C10H18N2O2. The highest BCUT2D eigenvalue weighted by Crippen LogP contribution is 2.06. The molecule has 0 radical (unpaired) electrons. The van der Waals surface area contributed by atoms with E-state index >= 15 is 0 Å². The standard InChI is InChI=1S/C10H18N2O2/c1-8(2)9(13)7-11-10(14)12-5-3-4-6-12/h8H,3-7H2,1-2H3,(H,11,14). The molecular weight excluding hydrogens is 180 g/mol. The molecule has 0 bridgehead atoms. The number of carbonyl (C=O) groups excluding carboxylic acids is 2. The molecule has 1 heterocycles. The van der Waals surface area contributed by atoms with Gasteiger partial charge < -0.3 is 10.2 Å². The molecule has 0 aliphatic carbocycles. The summed E-state index contributed by atoms with van der Waals surface area (Å²) in [7, 11) is 0. The van der Waals surface area contributed by atoms with Crippen molar-refractivity contribution in [3.8, 4) is 0 Å². The molecule has 1 aliphatic heterocycles. The van der Waals surface area contributed by atoms with Gasteiger partial charge >= 0.3 is 6.03 Å². The van der Waals surface area contributed by atoms with Crippen molar-refractivity contribution in [3.05, 3.63) is 0 Å². The number of nitrogens with zero attached hydrogens (tertiary/aromatic N) is 1. The Kier molecular flexibility index (Phi) is 3.92. The van der Waals surface area contributed by atoms with Gasteiger partial charge in [0.05, 0.1) is 6.54 Å². The summed E-state index contributed by atoms with van der Waals surface area (Å²) in [6.45, 7) is 5.48. The normalized spacial score (nSPS) is 16.1. The molecule has 2 amide bonds. The van der Waals surface area contributed by atoms with Crippen LogP contribution in [0.1, 0.15) is 26.7 Å². The second-order valence-electron chi connectivity index (χ2n) is 3.97. The minimum atomic E-state index is -0.100. The van der Waals surface area contributed by atoms with Gasteiger partial charge in [-0.15, -0.1) is 0 Å².